The van der Waals surface area contributed by atoms with Crippen molar-refractivity contribution in [3.63, 3.8) is 0 Å². The van der Waals surface area contributed by atoms with E-state index in [9.17, 15) is 0 Å². The molecule has 0 fully saturated rings. The average Bonchev–Trinajstić information content (AvgIpc) is 2.84. The van der Waals surface area contributed by atoms with Crippen LogP contribution in [0.5, 0.6) is 11.5 Å². The lowest BCUT2D eigenvalue weighted by Gasteiger charge is -2.44. The van der Waals surface area contributed by atoms with Gasteiger partial charge in [-0.2, -0.15) is 0 Å². The molecule has 214 valence electrons. The number of ether oxygens (including phenoxy) is 2. The Morgan fingerprint density at radius 3 is 1.31 bits per heavy atom. The first kappa shape index (κ1) is 32.6. The average molecular weight is 556 g/mol. The van der Waals surface area contributed by atoms with E-state index in [1.807, 2.05) is 92.7 Å². The van der Waals surface area contributed by atoms with Crippen molar-refractivity contribution in [2.24, 2.45) is 11.8 Å². The van der Waals surface area contributed by atoms with Crippen molar-refractivity contribution in [3.05, 3.63) is 96.6 Å². The molecule has 0 spiro atoms. The number of nitrogens with zero attached hydrogens (tertiary/aromatic N) is 1. The molecule has 3 aromatic rings. The number of hydrogen-bond donors (Lipinski definition) is 0. The Bertz CT molecular complexity index is 1020. The van der Waals surface area contributed by atoms with Crippen LogP contribution in [0.15, 0.2) is 91.0 Å². The first-order valence-electron chi connectivity index (χ1n) is 13.8. The van der Waals surface area contributed by atoms with Crippen LogP contribution in [0.3, 0.4) is 0 Å². The summed E-state index contributed by atoms with van der Waals surface area (Å²) < 4.78 is 13.1. The van der Waals surface area contributed by atoms with Gasteiger partial charge in [-0.15, -0.1) is 9.68 Å². The summed E-state index contributed by atoms with van der Waals surface area (Å²) in [6.45, 7) is 15.9. The van der Waals surface area contributed by atoms with E-state index in [-0.39, 0.29) is 17.2 Å². The second-order valence-corrected chi connectivity index (χ2v) is 11.3. The van der Waals surface area contributed by atoms with Crippen molar-refractivity contribution < 1.29 is 36.4 Å². The van der Waals surface area contributed by atoms with Crippen molar-refractivity contribution in [1.29, 1.82) is 0 Å². The largest absolute Gasteiger partial charge is 1.00 e. The van der Waals surface area contributed by atoms with E-state index >= 15 is 0 Å². The van der Waals surface area contributed by atoms with Gasteiger partial charge < -0.3 is 21.9 Å². The maximum absolute atomic E-state index is 7.02. The van der Waals surface area contributed by atoms with Gasteiger partial charge in [0, 0.05) is 32.3 Å². The molecule has 6 heteroatoms. The molecule has 0 aromatic heterocycles. The fraction of sp³-hybridized carbons (Fsp3) is 0.455. The van der Waals surface area contributed by atoms with E-state index in [2.05, 4.69) is 46.8 Å². The molecule has 0 aliphatic rings. The minimum Gasteiger partial charge on any atom is -1.00 e. The van der Waals surface area contributed by atoms with Crippen LogP contribution in [0.25, 0.3) is 0 Å². The molecule has 0 aliphatic carbocycles. The van der Waals surface area contributed by atoms with Crippen molar-refractivity contribution >= 4 is 0 Å². The summed E-state index contributed by atoms with van der Waals surface area (Å²) in [7, 11) is 0. The maximum Gasteiger partial charge on any atom is 0.265 e. The third-order valence-corrected chi connectivity index (χ3v) is 6.18. The molecule has 0 radical (unpaired) electrons. The number of halogens is 1. The number of para-hydroxylation sites is 2. The summed E-state index contributed by atoms with van der Waals surface area (Å²) in [6, 6.07) is 30.0. The predicted octanol–water partition coefficient (Wildman–Crippen LogP) is 5.57. The van der Waals surface area contributed by atoms with Gasteiger partial charge in [0.25, 0.3) is 11.6 Å². The zero-order valence-corrected chi connectivity index (χ0v) is 25.4. The Morgan fingerprint density at radius 2 is 0.974 bits per heavy atom. The summed E-state index contributed by atoms with van der Waals surface area (Å²) in [5.41, 5.74) is 1.10. The molecule has 2 atom stereocenters. The third kappa shape index (κ3) is 10.5. The molecule has 0 aliphatic heterocycles. The van der Waals surface area contributed by atoms with Gasteiger partial charge in [-0.1, -0.05) is 94.4 Å². The molecular weight excluding hydrogens is 510 g/mol. The van der Waals surface area contributed by atoms with Crippen molar-refractivity contribution in [2.75, 3.05) is 6.54 Å². The smallest absolute Gasteiger partial charge is 0.265 e. The van der Waals surface area contributed by atoms with Gasteiger partial charge in [0.05, 0.1) is 0 Å². The van der Waals surface area contributed by atoms with E-state index in [0.29, 0.717) is 37.8 Å². The molecular formula is C33H46ClNO4. The SMILES string of the molecule is CC[N+](Cc1ccccc1)(OC(C)(CC(C)C)Oc1ccccc1)OC(C)(CC(C)C)Oc1ccccc1.[Cl-]. The Hall–Kier alpha value is -2.57. The molecule has 0 bridgehead atoms. The number of hydroxylamine groups is 4. The van der Waals surface area contributed by atoms with Crippen LogP contribution in [-0.2, 0) is 16.2 Å². The third-order valence-electron chi connectivity index (χ3n) is 6.18. The van der Waals surface area contributed by atoms with Gasteiger partial charge in [-0.05, 0) is 47.8 Å². The van der Waals surface area contributed by atoms with Crippen LogP contribution < -0.4 is 21.9 Å². The van der Waals surface area contributed by atoms with Crippen LogP contribution in [0.4, 0.5) is 0 Å². The second kappa shape index (κ2) is 14.7. The van der Waals surface area contributed by atoms with Crippen molar-refractivity contribution in [3.8, 4) is 11.5 Å². The van der Waals surface area contributed by atoms with Crippen molar-refractivity contribution in [1.82, 2.24) is 0 Å². The van der Waals surface area contributed by atoms with E-state index in [1.165, 1.54) is 0 Å². The summed E-state index contributed by atoms with van der Waals surface area (Å²) >= 11 is 0. The Morgan fingerprint density at radius 1 is 0.615 bits per heavy atom. The summed E-state index contributed by atoms with van der Waals surface area (Å²) in [4.78, 5) is 13.9. The molecule has 0 heterocycles. The lowest BCUT2D eigenvalue weighted by Crippen LogP contribution is -3.00. The Kier molecular flexibility index (Phi) is 12.3. The molecule has 3 aromatic carbocycles. The van der Waals surface area contributed by atoms with Gasteiger partial charge in [-0.3, -0.25) is 0 Å². The minimum absolute atomic E-state index is 0. The van der Waals surface area contributed by atoms with Gasteiger partial charge in [-0.25, -0.2) is 0 Å². The van der Waals surface area contributed by atoms with E-state index in [1.54, 1.807) is 0 Å². The topological polar surface area (TPSA) is 36.9 Å². The first-order chi connectivity index (χ1) is 18.0. The lowest BCUT2D eigenvalue weighted by atomic mass is 10.0. The fourth-order valence-corrected chi connectivity index (χ4v) is 5.04. The predicted molar refractivity (Wildman–Crippen MR) is 153 cm³/mol. The van der Waals surface area contributed by atoms with Crippen LogP contribution in [0.2, 0.25) is 0 Å². The normalized spacial score (nSPS) is 16.0. The maximum atomic E-state index is 7.02. The molecule has 2 unspecified atom stereocenters. The first-order valence-corrected chi connectivity index (χ1v) is 13.8. The quantitative estimate of drug-likeness (QED) is 0.139. The molecule has 0 N–H and O–H groups in total. The Labute approximate surface area is 242 Å². The zero-order valence-electron chi connectivity index (χ0n) is 24.6. The second-order valence-electron chi connectivity index (χ2n) is 11.3. The van der Waals surface area contributed by atoms with E-state index < -0.39 is 11.6 Å². The highest BCUT2D eigenvalue weighted by Gasteiger charge is 2.49. The van der Waals surface area contributed by atoms with Crippen LogP contribution in [0.1, 0.15) is 66.9 Å². The van der Waals surface area contributed by atoms with Gasteiger partial charge >= 0.3 is 0 Å². The molecule has 39 heavy (non-hydrogen) atoms. The highest BCUT2D eigenvalue weighted by Crippen LogP contribution is 2.36. The molecule has 0 amide bonds. The van der Waals surface area contributed by atoms with Gasteiger partial charge in [0.1, 0.15) is 18.0 Å². The minimum atomic E-state index is -0.953. The number of benzene rings is 3. The van der Waals surface area contributed by atoms with Crippen LogP contribution in [-0.4, -0.2) is 22.9 Å². The van der Waals surface area contributed by atoms with Gasteiger partial charge in [0.2, 0.25) is 0 Å². The van der Waals surface area contributed by atoms with Crippen LogP contribution in [0, 0.1) is 11.8 Å². The van der Waals surface area contributed by atoms with E-state index in [0.717, 1.165) is 17.1 Å². The fourth-order valence-electron chi connectivity index (χ4n) is 5.04. The highest BCUT2D eigenvalue weighted by molar-refractivity contribution is 5.22. The Balaban J connectivity index is 0.00000533. The standard InChI is InChI=1S/C33H46NO4.ClH/c1-8-34(26-29-18-12-9-13-19-29,37-32(6,24-27(2)3)35-30-20-14-10-15-21-30)38-33(7,25-28(4)5)36-31-22-16-11-17-23-31;/h9-23,27-28H,8,24-26H2,1-7H3;1H/q+1;/p-1. The number of hydrogen-bond acceptors (Lipinski definition) is 4. The summed E-state index contributed by atoms with van der Waals surface area (Å²) in [5.74, 6) is 0.283. The van der Waals surface area contributed by atoms with Crippen LogP contribution >= 0.6 is 0 Å². The monoisotopic (exact) mass is 555 g/mol. The van der Waals surface area contributed by atoms with Gasteiger partial charge in [0.15, 0.2) is 6.54 Å². The number of rotatable bonds is 15. The summed E-state index contributed by atoms with van der Waals surface area (Å²) in [5, 5.41) is 0. The molecule has 0 saturated carbocycles. The van der Waals surface area contributed by atoms with Crippen molar-refractivity contribution in [2.45, 2.75) is 79.4 Å². The van der Waals surface area contributed by atoms with E-state index in [4.69, 9.17) is 19.1 Å². The molecule has 5 nitrogen and oxygen atoms in total. The molecule has 0 saturated heterocycles. The number of quaternary nitrogens is 1. The zero-order chi connectivity index (χ0) is 27.7. The lowest BCUT2D eigenvalue weighted by molar-refractivity contribution is -1.27. The highest BCUT2D eigenvalue weighted by atomic mass is 35.5. The summed E-state index contributed by atoms with van der Waals surface area (Å²) in [6.07, 6.45) is 1.36. The molecule has 3 rings (SSSR count).